The molecule has 0 radical (unpaired) electrons. The quantitative estimate of drug-likeness (QED) is 0.264. The highest BCUT2D eigenvalue weighted by Gasteiger charge is 2.44. The van der Waals surface area contributed by atoms with Crippen LogP contribution in [0.25, 0.3) is 11.3 Å². The lowest BCUT2D eigenvalue weighted by molar-refractivity contribution is -0.129. The first-order valence-corrected chi connectivity index (χ1v) is 12.7. The van der Waals surface area contributed by atoms with Crippen LogP contribution >= 0.6 is 11.6 Å². The lowest BCUT2D eigenvalue weighted by Gasteiger charge is -2.24. The molecule has 5 rings (SSSR count). The molecule has 1 aliphatic heterocycles. The Balaban J connectivity index is 1.48. The number of carbonyl (C=O) groups is 2. The average Bonchev–Trinajstić information content (AvgIpc) is 3.46. The topological polar surface area (TPSA) is 108 Å². The molecule has 3 N–H and O–H groups in total. The normalized spacial score (nSPS) is 16.0. The maximum atomic E-state index is 13.7. The van der Waals surface area contributed by atoms with Crippen molar-refractivity contribution in [2.45, 2.75) is 25.4 Å². The van der Waals surface area contributed by atoms with Gasteiger partial charge in [-0.05, 0) is 47.9 Å². The second-order valence-corrected chi connectivity index (χ2v) is 9.46. The van der Waals surface area contributed by atoms with E-state index < -0.39 is 18.1 Å². The van der Waals surface area contributed by atoms with Gasteiger partial charge in [0.2, 0.25) is 0 Å². The van der Waals surface area contributed by atoms with E-state index in [1.165, 1.54) is 4.90 Å². The first kappa shape index (κ1) is 25.5. The van der Waals surface area contributed by atoms with Crippen molar-refractivity contribution in [3.8, 4) is 17.0 Å². The van der Waals surface area contributed by atoms with Crippen LogP contribution in [-0.4, -0.2) is 45.1 Å². The molecule has 0 saturated carbocycles. The third-order valence-corrected chi connectivity index (χ3v) is 6.73. The predicted molar refractivity (Wildman–Crippen MR) is 144 cm³/mol. The number of hydrogen-bond acceptors (Lipinski definition) is 5. The zero-order valence-electron chi connectivity index (χ0n) is 20.7. The smallest absolute Gasteiger partial charge is 0.325 e. The number of imidazole rings is 1. The molecular weight excluding hydrogens is 504 g/mol. The van der Waals surface area contributed by atoms with Crippen molar-refractivity contribution in [2.75, 3.05) is 13.2 Å². The van der Waals surface area contributed by atoms with Gasteiger partial charge in [0, 0.05) is 11.4 Å². The average molecular weight is 531 g/mol. The molecule has 0 bridgehead atoms. The second kappa shape index (κ2) is 11.1. The van der Waals surface area contributed by atoms with Crippen LogP contribution in [0.15, 0.2) is 78.9 Å². The molecule has 3 aromatic carbocycles. The molecule has 9 heteroatoms. The number of ether oxygens (including phenoxy) is 1. The Hall–Kier alpha value is -4.14. The van der Waals surface area contributed by atoms with E-state index >= 15 is 0 Å². The molecule has 0 aliphatic carbocycles. The van der Waals surface area contributed by atoms with Crippen molar-refractivity contribution in [3.05, 3.63) is 107 Å². The van der Waals surface area contributed by atoms with Crippen molar-refractivity contribution in [1.29, 1.82) is 0 Å². The van der Waals surface area contributed by atoms with E-state index in [0.717, 1.165) is 22.5 Å². The van der Waals surface area contributed by atoms with Gasteiger partial charge in [-0.25, -0.2) is 9.78 Å². The number of aliphatic hydroxyl groups excluding tert-OH is 1. The number of halogens is 1. The van der Waals surface area contributed by atoms with Gasteiger partial charge in [-0.15, -0.1) is 0 Å². The third-order valence-electron chi connectivity index (χ3n) is 6.48. The van der Waals surface area contributed by atoms with Crippen molar-refractivity contribution in [3.63, 3.8) is 0 Å². The first-order chi connectivity index (χ1) is 18.4. The van der Waals surface area contributed by atoms with Crippen LogP contribution in [0.4, 0.5) is 4.79 Å². The number of amides is 3. The van der Waals surface area contributed by atoms with E-state index in [1.54, 1.807) is 36.4 Å². The van der Waals surface area contributed by atoms with Gasteiger partial charge >= 0.3 is 6.03 Å². The third kappa shape index (κ3) is 5.27. The van der Waals surface area contributed by atoms with Crippen LogP contribution < -0.4 is 10.1 Å². The summed E-state index contributed by atoms with van der Waals surface area (Å²) in [5, 5.41) is 12.4. The Bertz CT molecular complexity index is 1420. The first-order valence-electron chi connectivity index (χ1n) is 12.3. The van der Waals surface area contributed by atoms with Crippen LogP contribution in [0.5, 0.6) is 5.75 Å². The number of imide groups is 1. The summed E-state index contributed by atoms with van der Waals surface area (Å²) in [4.78, 5) is 36.4. The number of aromatic amines is 1. The minimum atomic E-state index is -0.834. The number of H-pyrrole nitrogens is 1. The minimum absolute atomic E-state index is 0.0946. The number of benzene rings is 3. The number of aliphatic hydroxyl groups is 1. The molecule has 3 amide bonds. The molecule has 0 unspecified atom stereocenters. The summed E-state index contributed by atoms with van der Waals surface area (Å²) in [6, 6.07) is 22.0. The highest BCUT2D eigenvalue weighted by Crippen LogP contribution is 2.34. The largest absolute Gasteiger partial charge is 0.491 e. The molecule has 1 aliphatic rings. The molecule has 8 nitrogen and oxygen atoms in total. The summed E-state index contributed by atoms with van der Waals surface area (Å²) in [7, 11) is 0. The maximum absolute atomic E-state index is 13.7. The van der Waals surface area contributed by atoms with Crippen molar-refractivity contribution < 1.29 is 19.4 Å². The molecule has 0 spiro atoms. The molecule has 38 heavy (non-hydrogen) atoms. The van der Waals surface area contributed by atoms with Gasteiger partial charge in [0.1, 0.15) is 30.3 Å². The number of nitrogens with zero attached hydrogens (tertiary/aromatic N) is 2. The Labute approximate surface area is 225 Å². The van der Waals surface area contributed by atoms with Gasteiger partial charge in [-0.1, -0.05) is 66.2 Å². The minimum Gasteiger partial charge on any atom is -0.491 e. The van der Waals surface area contributed by atoms with E-state index in [0.29, 0.717) is 28.6 Å². The monoisotopic (exact) mass is 530 g/mol. The summed E-state index contributed by atoms with van der Waals surface area (Å²) in [6.07, 6.45) is 0.396. The summed E-state index contributed by atoms with van der Waals surface area (Å²) >= 11 is 6.07. The number of rotatable bonds is 9. The van der Waals surface area contributed by atoms with Gasteiger partial charge in [0.25, 0.3) is 5.91 Å². The fraction of sp³-hybridized carbons (Fsp3) is 0.207. The number of nitrogens with one attached hydrogen (secondary N) is 2. The molecule has 1 aromatic heterocycles. The number of hydrogen-bond donors (Lipinski definition) is 3. The van der Waals surface area contributed by atoms with Crippen LogP contribution in [0.3, 0.4) is 0 Å². The Kier molecular flexibility index (Phi) is 7.44. The zero-order chi connectivity index (χ0) is 26.6. The fourth-order valence-corrected chi connectivity index (χ4v) is 4.75. The zero-order valence-corrected chi connectivity index (χ0v) is 21.5. The van der Waals surface area contributed by atoms with Crippen molar-refractivity contribution >= 4 is 23.5 Å². The highest BCUT2D eigenvalue weighted by atomic mass is 35.5. The Morgan fingerprint density at radius 2 is 1.74 bits per heavy atom. The number of aryl methyl sites for hydroxylation is 1. The SMILES string of the molecule is Cc1nc([C@H](Cc2ccccc2)N2C(=O)N[C@H](c3ccc(OCCO)cc3)C2=O)[nH]c1-c1ccc(Cl)cc1. The number of urea groups is 1. The molecule has 194 valence electrons. The summed E-state index contributed by atoms with van der Waals surface area (Å²) in [5.74, 6) is 0.731. The van der Waals surface area contributed by atoms with Gasteiger partial charge in [-0.3, -0.25) is 9.69 Å². The molecule has 1 fully saturated rings. The van der Waals surface area contributed by atoms with Crippen LogP contribution in [0.1, 0.15) is 34.7 Å². The second-order valence-electron chi connectivity index (χ2n) is 9.03. The standard InChI is InChI=1S/C29H27ClN4O4/c1-18-25(20-7-11-22(30)12-8-20)32-27(31-18)24(17-19-5-3-2-4-6-19)34-28(36)26(33-29(34)37)21-9-13-23(14-10-21)38-16-15-35/h2-14,24,26,35H,15-17H2,1H3,(H,31,32)(H,33,37)/t24-,26+/m0/s1. The van der Waals surface area contributed by atoms with E-state index in [1.807, 2.05) is 49.4 Å². The Morgan fingerprint density at radius 3 is 2.42 bits per heavy atom. The van der Waals surface area contributed by atoms with Crippen LogP contribution in [0, 0.1) is 6.92 Å². The van der Waals surface area contributed by atoms with E-state index in [4.69, 9.17) is 26.4 Å². The lowest BCUT2D eigenvalue weighted by Crippen LogP contribution is -2.36. The van der Waals surface area contributed by atoms with Crippen LogP contribution in [0.2, 0.25) is 5.02 Å². The summed E-state index contributed by atoms with van der Waals surface area (Å²) in [6.45, 7) is 1.97. The van der Waals surface area contributed by atoms with Gasteiger partial charge in [0.05, 0.1) is 18.0 Å². The van der Waals surface area contributed by atoms with E-state index in [2.05, 4.69) is 10.3 Å². The summed E-state index contributed by atoms with van der Waals surface area (Å²) < 4.78 is 5.41. The molecular formula is C29H27ClN4O4. The molecule has 2 heterocycles. The Morgan fingerprint density at radius 1 is 1.03 bits per heavy atom. The number of carbonyl (C=O) groups excluding carboxylic acids is 2. The van der Waals surface area contributed by atoms with Crippen molar-refractivity contribution in [2.24, 2.45) is 0 Å². The van der Waals surface area contributed by atoms with Gasteiger partial charge < -0.3 is 20.1 Å². The van der Waals surface area contributed by atoms with Crippen LogP contribution in [-0.2, 0) is 11.2 Å². The molecule has 1 saturated heterocycles. The lowest BCUT2D eigenvalue weighted by atomic mass is 10.0. The van der Waals surface area contributed by atoms with Crippen molar-refractivity contribution in [1.82, 2.24) is 20.2 Å². The fourth-order valence-electron chi connectivity index (χ4n) is 4.62. The van der Waals surface area contributed by atoms with E-state index in [9.17, 15) is 9.59 Å². The van der Waals surface area contributed by atoms with E-state index in [-0.39, 0.29) is 19.1 Å². The predicted octanol–water partition coefficient (Wildman–Crippen LogP) is 4.99. The highest BCUT2D eigenvalue weighted by molar-refractivity contribution is 6.30. The molecule has 2 atom stereocenters. The maximum Gasteiger partial charge on any atom is 0.325 e. The molecule has 4 aromatic rings. The van der Waals surface area contributed by atoms with Gasteiger partial charge in [0.15, 0.2) is 0 Å². The number of aromatic nitrogens is 2. The van der Waals surface area contributed by atoms with Gasteiger partial charge in [-0.2, -0.15) is 0 Å². The summed E-state index contributed by atoms with van der Waals surface area (Å²) in [5.41, 5.74) is 4.06.